The molecule has 28 heavy (non-hydrogen) atoms. The first-order valence-electron chi connectivity index (χ1n) is 12.8. The zero-order valence-electron chi connectivity index (χ0n) is 19.1. The van der Waals surface area contributed by atoms with Crippen LogP contribution in [0.3, 0.4) is 0 Å². The van der Waals surface area contributed by atoms with Gasteiger partial charge in [-0.2, -0.15) is 0 Å². The lowest BCUT2D eigenvalue weighted by atomic mass is 10.00. The highest BCUT2D eigenvalue weighted by Crippen LogP contribution is 2.26. The van der Waals surface area contributed by atoms with E-state index < -0.39 is 0 Å². The number of hydrogen-bond donors (Lipinski definition) is 0. The summed E-state index contributed by atoms with van der Waals surface area (Å²) in [4.78, 5) is 18.4. The molecular formula is C25H48N2O. The van der Waals surface area contributed by atoms with Gasteiger partial charge in [-0.3, -0.25) is 14.6 Å². The zero-order valence-corrected chi connectivity index (χ0v) is 19.1. The van der Waals surface area contributed by atoms with E-state index >= 15 is 0 Å². The molecule has 0 radical (unpaired) electrons. The van der Waals surface area contributed by atoms with Crippen LogP contribution in [0.2, 0.25) is 0 Å². The van der Waals surface area contributed by atoms with Crippen LogP contribution in [0.5, 0.6) is 0 Å². The molecule has 0 saturated carbocycles. The highest BCUT2D eigenvalue weighted by molar-refractivity contribution is 5.89. The van der Waals surface area contributed by atoms with Gasteiger partial charge >= 0.3 is 0 Å². The van der Waals surface area contributed by atoms with Crippen molar-refractivity contribution in [1.29, 1.82) is 0 Å². The van der Waals surface area contributed by atoms with E-state index in [0.29, 0.717) is 5.78 Å². The number of likely N-dealkylation sites (tertiary alicyclic amines) is 2. The molecule has 2 heterocycles. The van der Waals surface area contributed by atoms with Crippen molar-refractivity contribution >= 4 is 5.78 Å². The molecule has 0 bridgehead atoms. The lowest BCUT2D eigenvalue weighted by Gasteiger charge is -2.30. The van der Waals surface area contributed by atoms with Gasteiger partial charge in [0.25, 0.3) is 0 Å². The number of nitrogens with zero attached hydrogens (tertiary/aromatic N) is 2. The third kappa shape index (κ3) is 8.14. The van der Waals surface area contributed by atoms with Crippen molar-refractivity contribution in [2.45, 2.75) is 129 Å². The summed E-state index contributed by atoms with van der Waals surface area (Å²) < 4.78 is 0. The van der Waals surface area contributed by atoms with Crippen LogP contribution in [-0.4, -0.2) is 53.8 Å². The first kappa shape index (κ1) is 23.9. The largest absolute Gasteiger partial charge is 0.296 e. The number of rotatable bonds is 16. The maximum atomic E-state index is 13.3. The quantitative estimate of drug-likeness (QED) is 0.292. The van der Waals surface area contributed by atoms with Crippen molar-refractivity contribution in [1.82, 2.24) is 9.80 Å². The van der Waals surface area contributed by atoms with Gasteiger partial charge in [0.1, 0.15) is 0 Å². The molecule has 2 rings (SSSR count). The van der Waals surface area contributed by atoms with Crippen molar-refractivity contribution < 1.29 is 4.79 Å². The molecule has 2 unspecified atom stereocenters. The average Bonchev–Trinajstić information content (AvgIpc) is 3.36. The van der Waals surface area contributed by atoms with Crippen LogP contribution < -0.4 is 0 Å². The van der Waals surface area contributed by atoms with Crippen LogP contribution >= 0.6 is 0 Å². The summed E-state index contributed by atoms with van der Waals surface area (Å²) in [6.45, 7) is 9.14. The molecular weight excluding hydrogens is 344 g/mol. The van der Waals surface area contributed by atoms with Crippen LogP contribution in [0.1, 0.15) is 117 Å². The molecule has 0 aromatic carbocycles. The molecule has 164 valence electrons. The molecule has 0 spiro atoms. The van der Waals surface area contributed by atoms with E-state index in [2.05, 4.69) is 23.6 Å². The van der Waals surface area contributed by atoms with E-state index in [1.807, 2.05) is 0 Å². The van der Waals surface area contributed by atoms with Gasteiger partial charge in [-0.25, -0.2) is 0 Å². The van der Waals surface area contributed by atoms with Gasteiger partial charge in [0, 0.05) is 0 Å². The van der Waals surface area contributed by atoms with Gasteiger partial charge in [0.15, 0.2) is 5.78 Å². The Morgan fingerprint density at radius 1 is 0.643 bits per heavy atom. The normalized spacial score (nSPS) is 23.6. The summed E-state index contributed by atoms with van der Waals surface area (Å²) in [5, 5.41) is 0. The predicted octanol–water partition coefficient (Wildman–Crippen LogP) is 6.21. The number of unbranched alkanes of at least 4 members (excludes halogenated alkanes) is 10. The Kier molecular flexibility index (Phi) is 12.4. The van der Waals surface area contributed by atoms with Crippen LogP contribution in [0.4, 0.5) is 0 Å². The lowest BCUT2D eigenvalue weighted by Crippen LogP contribution is -2.47. The molecule has 2 fully saturated rings. The fraction of sp³-hybridized carbons (Fsp3) is 0.960. The summed E-state index contributed by atoms with van der Waals surface area (Å²) in [7, 11) is 0. The molecule has 0 aliphatic carbocycles. The Labute approximate surface area is 175 Å². The monoisotopic (exact) mass is 392 g/mol. The summed E-state index contributed by atoms with van der Waals surface area (Å²) in [6, 6.07) is 0.455. The maximum Gasteiger partial charge on any atom is 0.166 e. The zero-order chi connectivity index (χ0) is 20.0. The van der Waals surface area contributed by atoms with E-state index in [4.69, 9.17) is 0 Å². The Morgan fingerprint density at radius 2 is 1.04 bits per heavy atom. The summed E-state index contributed by atoms with van der Waals surface area (Å²) in [5.41, 5.74) is 0. The van der Waals surface area contributed by atoms with Gasteiger partial charge < -0.3 is 0 Å². The third-order valence-electron chi connectivity index (χ3n) is 6.98. The second kappa shape index (κ2) is 14.6. The van der Waals surface area contributed by atoms with Gasteiger partial charge in [0.05, 0.1) is 12.1 Å². The van der Waals surface area contributed by atoms with Crippen molar-refractivity contribution in [3.63, 3.8) is 0 Å². The molecule has 2 aliphatic heterocycles. The number of hydrogen-bond acceptors (Lipinski definition) is 3. The molecule has 0 aromatic heterocycles. The van der Waals surface area contributed by atoms with Crippen LogP contribution in [0, 0.1) is 0 Å². The Hall–Kier alpha value is -0.410. The van der Waals surface area contributed by atoms with Crippen molar-refractivity contribution in [3.05, 3.63) is 0 Å². The molecule has 0 N–H and O–H groups in total. The second-order valence-corrected chi connectivity index (χ2v) is 9.33. The van der Waals surface area contributed by atoms with Gasteiger partial charge in [0.2, 0.25) is 0 Å². The number of ketones is 1. The molecule has 2 atom stereocenters. The standard InChI is InChI=1S/C25H48N2O/c1-3-5-7-9-11-13-19-26-21-15-17-23(26)25(28)24-18-16-22-27(24)20-14-12-10-8-6-4-2/h23-24H,3-22H2,1-2H3. The maximum absolute atomic E-state index is 13.3. The number of Topliss-reactive ketones (excluding diaryl/α,β-unsaturated/α-hetero) is 1. The van der Waals surface area contributed by atoms with E-state index in [9.17, 15) is 4.79 Å². The first-order valence-corrected chi connectivity index (χ1v) is 12.8. The summed E-state index contributed by atoms with van der Waals surface area (Å²) in [6.07, 6.45) is 20.8. The predicted molar refractivity (Wildman–Crippen MR) is 121 cm³/mol. The minimum absolute atomic E-state index is 0.228. The van der Waals surface area contributed by atoms with Crippen LogP contribution in [-0.2, 0) is 4.79 Å². The minimum Gasteiger partial charge on any atom is -0.296 e. The fourth-order valence-corrected chi connectivity index (χ4v) is 5.24. The van der Waals surface area contributed by atoms with Crippen LogP contribution in [0.25, 0.3) is 0 Å². The Balaban J connectivity index is 1.69. The SMILES string of the molecule is CCCCCCCCN1CCCC1C(=O)C1CCCN1CCCCCCCC. The minimum atomic E-state index is 0.228. The molecule has 0 aromatic rings. The van der Waals surface area contributed by atoms with Crippen molar-refractivity contribution in [2.24, 2.45) is 0 Å². The molecule has 3 heteroatoms. The summed E-state index contributed by atoms with van der Waals surface area (Å²) >= 11 is 0. The number of carbonyl (C=O) groups is 1. The average molecular weight is 393 g/mol. The second-order valence-electron chi connectivity index (χ2n) is 9.33. The Bertz CT molecular complexity index is 375. The lowest BCUT2D eigenvalue weighted by molar-refractivity contribution is -0.127. The van der Waals surface area contributed by atoms with Gasteiger partial charge in [-0.15, -0.1) is 0 Å². The third-order valence-corrected chi connectivity index (χ3v) is 6.98. The first-order chi connectivity index (χ1) is 13.8. The van der Waals surface area contributed by atoms with E-state index in [0.717, 1.165) is 39.0 Å². The molecule has 3 nitrogen and oxygen atoms in total. The molecule has 2 saturated heterocycles. The smallest absolute Gasteiger partial charge is 0.166 e. The topological polar surface area (TPSA) is 23.6 Å². The summed E-state index contributed by atoms with van der Waals surface area (Å²) in [5.74, 6) is 0.562. The highest BCUT2D eigenvalue weighted by Gasteiger charge is 2.38. The van der Waals surface area contributed by atoms with E-state index in [-0.39, 0.29) is 12.1 Å². The van der Waals surface area contributed by atoms with Crippen molar-refractivity contribution in [3.8, 4) is 0 Å². The van der Waals surface area contributed by atoms with Crippen LogP contribution in [0.15, 0.2) is 0 Å². The van der Waals surface area contributed by atoms with Crippen molar-refractivity contribution in [2.75, 3.05) is 26.2 Å². The highest BCUT2D eigenvalue weighted by atomic mass is 16.1. The molecule has 2 aliphatic rings. The fourth-order valence-electron chi connectivity index (χ4n) is 5.24. The van der Waals surface area contributed by atoms with E-state index in [1.165, 1.54) is 89.9 Å². The Morgan fingerprint density at radius 3 is 1.46 bits per heavy atom. The molecule has 0 amide bonds. The van der Waals surface area contributed by atoms with Gasteiger partial charge in [-0.05, 0) is 64.7 Å². The van der Waals surface area contributed by atoms with E-state index in [1.54, 1.807) is 0 Å². The van der Waals surface area contributed by atoms with Gasteiger partial charge in [-0.1, -0.05) is 78.1 Å². The number of carbonyl (C=O) groups excluding carboxylic acids is 1.